The highest BCUT2D eigenvalue weighted by Gasteiger charge is 2.22. The van der Waals surface area contributed by atoms with Crippen molar-refractivity contribution in [1.29, 1.82) is 0 Å². The van der Waals surface area contributed by atoms with Gasteiger partial charge in [-0.1, -0.05) is 28.1 Å². The molecule has 1 aromatic heterocycles. The third kappa shape index (κ3) is 2.48. The predicted molar refractivity (Wildman–Crippen MR) is 79.6 cm³/mol. The normalized spacial score (nSPS) is 13.6. The minimum atomic E-state index is -0.155. The first-order valence-electron chi connectivity index (χ1n) is 6.28. The van der Waals surface area contributed by atoms with Crippen molar-refractivity contribution in [1.82, 2.24) is 9.97 Å². The van der Waals surface area contributed by atoms with E-state index in [2.05, 4.69) is 36.9 Å². The SMILES string of the molecule is COCc1nc(N2Cc3cccc(Br)c3C2)cc(=O)[nH]1. The highest BCUT2D eigenvalue weighted by atomic mass is 79.9. The molecule has 2 aromatic rings. The number of hydrogen-bond acceptors (Lipinski definition) is 4. The van der Waals surface area contributed by atoms with E-state index in [1.165, 1.54) is 17.2 Å². The molecule has 3 rings (SSSR count). The van der Waals surface area contributed by atoms with Crippen molar-refractivity contribution in [2.45, 2.75) is 19.7 Å². The molecule has 0 aliphatic carbocycles. The standard InChI is InChI=1S/C14H14BrN3O2/c1-20-8-12-16-13(5-14(19)17-12)18-6-9-3-2-4-11(15)10(9)7-18/h2-5H,6-8H2,1H3,(H,16,17,19). The Hall–Kier alpha value is -1.66. The monoisotopic (exact) mass is 335 g/mol. The van der Waals surface area contributed by atoms with E-state index in [4.69, 9.17) is 4.74 Å². The first-order chi connectivity index (χ1) is 9.67. The molecule has 1 aliphatic heterocycles. The van der Waals surface area contributed by atoms with E-state index in [-0.39, 0.29) is 5.56 Å². The molecule has 0 spiro atoms. The summed E-state index contributed by atoms with van der Waals surface area (Å²) in [6.07, 6.45) is 0. The highest BCUT2D eigenvalue weighted by Crippen LogP contribution is 2.31. The summed E-state index contributed by atoms with van der Waals surface area (Å²) in [4.78, 5) is 20.9. The second-order valence-electron chi connectivity index (χ2n) is 4.72. The lowest BCUT2D eigenvalue weighted by atomic mass is 10.1. The van der Waals surface area contributed by atoms with E-state index in [0.717, 1.165) is 17.6 Å². The summed E-state index contributed by atoms with van der Waals surface area (Å²) in [7, 11) is 1.58. The Labute approximate surface area is 124 Å². The van der Waals surface area contributed by atoms with E-state index in [0.29, 0.717) is 18.2 Å². The van der Waals surface area contributed by atoms with Crippen LogP contribution in [0.25, 0.3) is 0 Å². The number of H-pyrrole nitrogens is 1. The van der Waals surface area contributed by atoms with Crippen LogP contribution in [0.4, 0.5) is 5.82 Å². The molecule has 0 radical (unpaired) electrons. The zero-order valence-electron chi connectivity index (χ0n) is 11.0. The van der Waals surface area contributed by atoms with Crippen molar-refractivity contribution in [3.8, 4) is 0 Å². The number of fused-ring (bicyclic) bond motifs is 1. The number of nitrogens with zero attached hydrogens (tertiary/aromatic N) is 2. The molecular formula is C14H14BrN3O2. The lowest BCUT2D eigenvalue weighted by Crippen LogP contribution is -2.21. The van der Waals surface area contributed by atoms with Gasteiger partial charge in [0.1, 0.15) is 18.2 Å². The maximum absolute atomic E-state index is 11.7. The maximum atomic E-state index is 11.7. The summed E-state index contributed by atoms with van der Waals surface area (Å²) >= 11 is 3.57. The number of nitrogens with one attached hydrogen (secondary N) is 1. The Morgan fingerprint density at radius 2 is 2.30 bits per heavy atom. The fourth-order valence-electron chi connectivity index (χ4n) is 2.40. The Balaban J connectivity index is 1.93. The average molecular weight is 336 g/mol. The number of methoxy groups -OCH3 is 1. The van der Waals surface area contributed by atoms with Crippen LogP contribution in [0.2, 0.25) is 0 Å². The quantitative estimate of drug-likeness (QED) is 0.934. The van der Waals surface area contributed by atoms with Crippen molar-refractivity contribution in [3.05, 3.63) is 56.0 Å². The second kappa shape index (κ2) is 5.38. The van der Waals surface area contributed by atoms with Gasteiger partial charge in [0.2, 0.25) is 0 Å². The summed E-state index contributed by atoms with van der Waals surface area (Å²) < 4.78 is 6.12. The number of hydrogen-bond donors (Lipinski definition) is 1. The van der Waals surface area contributed by atoms with Gasteiger partial charge in [-0.15, -0.1) is 0 Å². The van der Waals surface area contributed by atoms with Crippen molar-refractivity contribution >= 4 is 21.7 Å². The van der Waals surface area contributed by atoms with Crippen LogP contribution >= 0.6 is 15.9 Å². The Morgan fingerprint density at radius 1 is 1.45 bits per heavy atom. The molecule has 0 atom stereocenters. The summed E-state index contributed by atoms with van der Waals surface area (Å²) in [5, 5.41) is 0. The van der Waals surface area contributed by atoms with Crippen molar-refractivity contribution < 1.29 is 4.74 Å². The lowest BCUT2D eigenvalue weighted by Gasteiger charge is -2.16. The molecule has 1 aromatic carbocycles. The second-order valence-corrected chi connectivity index (χ2v) is 5.57. The van der Waals surface area contributed by atoms with Crippen LogP contribution in [0, 0.1) is 0 Å². The van der Waals surface area contributed by atoms with Gasteiger partial charge in [0, 0.05) is 30.7 Å². The summed E-state index contributed by atoms with van der Waals surface area (Å²) in [5.74, 6) is 1.23. The third-order valence-electron chi connectivity index (χ3n) is 3.31. The molecule has 6 heteroatoms. The van der Waals surface area contributed by atoms with Gasteiger partial charge < -0.3 is 14.6 Å². The van der Waals surface area contributed by atoms with Crippen LogP contribution in [0.5, 0.6) is 0 Å². The molecule has 2 heterocycles. The van der Waals surface area contributed by atoms with Gasteiger partial charge >= 0.3 is 0 Å². The first kappa shape index (κ1) is 13.3. The minimum absolute atomic E-state index is 0.155. The number of aromatic amines is 1. The molecule has 0 saturated heterocycles. The fourth-order valence-corrected chi connectivity index (χ4v) is 2.94. The van der Waals surface area contributed by atoms with Gasteiger partial charge in [-0.05, 0) is 17.2 Å². The molecule has 1 aliphatic rings. The van der Waals surface area contributed by atoms with Gasteiger partial charge in [0.05, 0.1) is 0 Å². The van der Waals surface area contributed by atoms with Gasteiger partial charge in [-0.3, -0.25) is 4.79 Å². The molecule has 5 nitrogen and oxygen atoms in total. The number of rotatable bonds is 3. The number of halogens is 1. The van der Waals surface area contributed by atoms with E-state index < -0.39 is 0 Å². The summed E-state index contributed by atoms with van der Waals surface area (Å²) in [6.45, 7) is 1.81. The van der Waals surface area contributed by atoms with E-state index in [1.54, 1.807) is 7.11 Å². The first-order valence-corrected chi connectivity index (χ1v) is 7.07. The zero-order valence-corrected chi connectivity index (χ0v) is 12.6. The molecule has 0 saturated carbocycles. The molecule has 20 heavy (non-hydrogen) atoms. The largest absolute Gasteiger partial charge is 0.377 e. The zero-order chi connectivity index (χ0) is 14.1. The molecular weight excluding hydrogens is 322 g/mol. The minimum Gasteiger partial charge on any atom is -0.377 e. The topological polar surface area (TPSA) is 58.2 Å². The highest BCUT2D eigenvalue weighted by molar-refractivity contribution is 9.10. The molecule has 0 unspecified atom stereocenters. The van der Waals surface area contributed by atoms with E-state index in [1.807, 2.05) is 12.1 Å². The fraction of sp³-hybridized carbons (Fsp3) is 0.286. The maximum Gasteiger partial charge on any atom is 0.253 e. The van der Waals surface area contributed by atoms with E-state index in [9.17, 15) is 4.79 Å². The number of aromatic nitrogens is 2. The number of ether oxygens (including phenoxy) is 1. The molecule has 104 valence electrons. The Morgan fingerprint density at radius 3 is 3.05 bits per heavy atom. The molecule has 0 amide bonds. The summed E-state index contributed by atoms with van der Waals surface area (Å²) in [5.41, 5.74) is 2.36. The van der Waals surface area contributed by atoms with Crippen molar-refractivity contribution in [2.75, 3.05) is 12.0 Å². The van der Waals surface area contributed by atoms with Crippen LogP contribution in [-0.4, -0.2) is 17.1 Å². The third-order valence-corrected chi connectivity index (χ3v) is 4.05. The van der Waals surface area contributed by atoms with Crippen molar-refractivity contribution in [3.63, 3.8) is 0 Å². The molecule has 0 fully saturated rings. The average Bonchev–Trinajstić information content (AvgIpc) is 2.84. The van der Waals surface area contributed by atoms with Crippen LogP contribution in [0.15, 0.2) is 33.5 Å². The van der Waals surface area contributed by atoms with Crippen LogP contribution in [0.3, 0.4) is 0 Å². The van der Waals surface area contributed by atoms with Gasteiger partial charge in [-0.2, -0.15) is 0 Å². The predicted octanol–water partition coefficient (Wildman–Crippen LogP) is 2.20. The number of benzene rings is 1. The molecule has 0 bridgehead atoms. The van der Waals surface area contributed by atoms with E-state index >= 15 is 0 Å². The van der Waals surface area contributed by atoms with Gasteiger partial charge in [0.15, 0.2) is 0 Å². The smallest absolute Gasteiger partial charge is 0.253 e. The lowest BCUT2D eigenvalue weighted by molar-refractivity contribution is 0.177. The Kier molecular flexibility index (Phi) is 3.58. The Bertz CT molecular complexity index is 699. The van der Waals surface area contributed by atoms with Crippen molar-refractivity contribution in [2.24, 2.45) is 0 Å². The van der Waals surface area contributed by atoms with Gasteiger partial charge in [-0.25, -0.2) is 4.98 Å². The van der Waals surface area contributed by atoms with Crippen LogP contribution < -0.4 is 10.5 Å². The van der Waals surface area contributed by atoms with Gasteiger partial charge in [0.25, 0.3) is 5.56 Å². The van der Waals surface area contributed by atoms with Crippen LogP contribution in [-0.2, 0) is 24.4 Å². The summed E-state index contributed by atoms with van der Waals surface area (Å²) in [6, 6.07) is 7.68. The molecule has 1 N–H and O–H groups in total. The number of anilines is 1. The van der Waals surface area contributed by atoms with Crippen LogP contribution in [0.1, 0.15) is 17.0 Å².